The summed E-state index contributed by atoms with van der Waals surface area (Å²) < 4.78 is 12.7. The highest BCUT2D eigenvalue weighted by atomic mass is 79.9. The first kappa shape index (κ1) is 15.1. The molecule has 1 aromatic heterocycles. The van der Waals surface area contributed by atoms with Gasteiger partial charge in [0, 0.05) is 18.6 Å². The maximum atomic E-state index is 6.16. The maximum Gasteiger partial charge on any atom is 0.148 e. The summed E-state index contributed by atoms with van der Waals surface area (Å²) in [4.78, 5) is 0. The lowest BCUT2D eigenvalue weighted by atomic mass is 9.90. The lowest BCUT2D eigenvalue weighted by molar-refractivity contribution is 0.0509. The number of rotatable bonds is 5. The van der Waals surface area contributed by atoms with Crippen LogP contribution in [-0.2, 0) is 4.74 Å². The van der Waals surface area contributed by atoms with Crippen molar-refractivity contribution in [2.24, 2.45) is 5.92 Å². The first-order chi connectivity index (χ1) is 10.3. The number of hydrogen-bond acceptors (Lipinski definition) is 3. The number of para-hydroxylation sites is 1. The topological polar surface area (TPSA) is 34.4 Å². The van der Waals surface area contributed by atoms with Gasteiger partial charge in [0.15, 0.2) is 0 Å². The van der Waals surface area contributed by atoms with Crippen LogP contribution in [-0.4, -0.2) is 19.8 Å². The molecule has 4 heteroatoms. The normalized spacial score (nSPS) is 18.2. The van der Waals surface area contributed by atoms with Crippen molar-refractivity contribution in [3.63, 3.8) is 0 Å². The van der Waals surface area contributed by atoms with Gasteiger partial charge in [0.05, 0.1) is 10.5 Å². The molecule has 1 aliphatic heterocycles. The van der Waals surface area contributed by atoms with Crippen LogP contribution in [0.2, 0.25) is 0 Å². The predicted molar refractivity (Wildman–Crippen MR) is 88.5 cm³/mol. The average Bonchev–Trinajstić information content (AvgIpc) is 2.94. The van der Waals surface area contributed by atoms with Gasteiger partial charge in [0.25, 0.3) is 0 Å². The Hall–Kier alpha value is -0.840. The van der Waals surface area contributed by atoms with Crippen LogP contribution in [0.1, 0.15) is 38.0 Å². The van der Waals surface area contributed by atoms with Crippen molar-refractivity contribution in [1.29, 1.82) is 0 Å². The smallest absolute Gasteiger partial charge is 0.148 e. The molecule has 0 aliphatic carbocycles. The zero-order chi connectivity index (χ0) is 14.7. The van der Waals surface area contributed by atoms with Gasteiger partial charge in [-0.2, -0.15) is 0 Å². The van der Waals surface area contributed by atoms with Crippen molar-refractivity contribution in [2.45, 2.75) is 32.2 Å². The third kappa shape index (κ3) is 3.33. The van der Waals surface area contributed by atoms with Gasteiger partial charge in [-0.25, -0.2) is 0 Å². The van der Waals surface area contributed by atoms with E-state index in [0.29, 0.717) is 5.92 Å². The fourth-order valence-electron chi connectivity index (χ4n) is 3.05. The monoisotopic (exact) mass is 351 g/mol. The molecule has 0 bridgehead atoms. The molecule has 0 radical (unpaired) electrons. The Morgan fingerprint density at radius 1 is 1.33 bits per heavy atom. The number of halogens is 1. The Bertz CT molecular complexity index is 589. The molecule has 3 rings (SSSR count). The van der Waals surface area contributed by atoms with Gasteiger partial charge in [0.1, 0.15) is 11.3 Å². The lowest BCUT2D eigenvalue weighted by Crippen LogP contribution is -2.32. The van der Waals surface area contributed by atoms with Crippen LogP contribution >= 0.6 is 15.9 Å². The molecule has 114 valence electrons. The summed E-state index contributed by atoms with van der Waals surface area (Å²) in [5.74, 6) is 1.64. The molecular formula is C17H22BrNO2. The second kappa shape index (κ2) is 6.95. The summed E-state index contributed by atoms with van der Waals surface area (Å²) in [7, 11) is 0. The zero-order valence-electron chi connectivity index (χ0n) is 12.4. The number of ether oxygens (including phenoxy) is 1. The fraction of sp³-hybridized carbons (Fsp3) is 0.529. The van der Waals surface area contributed by atoms with Crippen molar-refractivity contribution in [2.75, 3.05) is 19.8 Å². The largest absolute Gasteiger partial charge is 0.458 e. The third-order valence-electron chi connectivity index (χ3n) is 4.17. The number of hydrogen-bond donors (Lipinski definition) is 1. The number of furan rings is 1. The minimum Gasteiger partial charge on any atom is -0.458 e. The quantitative estimate of drug-likeness (QED) is 0.850. The SMILES string of the molecule is CCCNC(c1cc2cccc(Br)c2o1)C1CCOCC1. The standard InChI is InChI=1S/C17H22BrNO2/c1-2-8-19-16(12-6-9-20-10-7-12)15-11-13-4-3-5-14(18)17(13)21-15/h3-5,11-12,16,19H,2,6-10H2,1H3. The molecule has 3 nitrogen and oxygen atoms in total. The molecule has 21 heavy (non-hydrogen) atoms. The van der Waals surface area contributed by atoms with Crippen LogP contribution in [0.4, 0.5) is 0 Å². The number of benzene rings is 1. The van der Waals surface area contributed by atoms with E-state index < -0.39 is 0 Å². The summed E-state index contributed by atoms with van der Waals surface area (Å²) in [5, 5.41) is 4.83. The van der Waals surface area contributed by atoms with Crippen LogP contribution in [0.25, 0.3) is 11.0 Å². The molecule has 2 heterocycles. The molecular weight excluding hydrogens is 330 g/mol. The van der Waals surface area contributed by atoms with Gasteiger partial charge in [-0.05, 0) is 59.8 Å². The van der Waals surface area contributed by atoms with Gasteiger partial charge >= 0.3 is 0 Å². The lowest BCUT2D eigenvalue weighted by Gasteiger charge is -2.29. The third-order valence-corrected chi connectivity index (χ3v) is 4.80. The fourth-order valence-corrected chi connectivity index (χ4v) is 3.51. The van der Waals surface area contributed by atoms with E-state index in [1.54, 1.807) is 0 Å². The highest BCUT2D eigenvalue weighted by Gasteiger charge is 2.27. The zero-order valence-corrected chi connectivity index (χ0v) is 14.0. The molecule has 1 saturated heterocycles. The first-order valence-electron chi connectivity index (χ1n) is 7.78. The van der Waals surface area contributed by atoms with Gasteiger partial charge in [0.2, 0.25) is 0 Å². The van der Waals surface area contributed by atoms with E-state index in [-0.39, 0.29) is 6.04 Å². The van der Waals surface area contributed by atoms with E-state index >= 15 is 0 Å². The van der Waals surface area contributed by atoms with Crippen molar-refractivity contribution < 1.29 is 9.15 Å². The van der Waals surface area contributed by atoms with E-state index in [4.69, 9.17) is 9.15 Å². The summed E-state index contributed by atoms with van der Waals surface area (Å²) in [5.41, 5.74) is 0.947. The summed E-state index contributed by atoms with van der Waals surface area (Å²) in [6.07, 6.45) is 3.32. The Morgan fingerprint density at radius 3 is 2.86 bits per heavy atom. The van der Waals surface area contributed by atoms with E-state index in [2.05, 4.69) is 46.4 Å². The van der Waals surface area contributed by atoms with Gasteiger partial charge in [-0.1, -0.05) is 19.1 Å². The van der Waals surface area contributed by atoms with Crippen LogP contribution in [0.3, 0.4) is 0 Å². The van der Waals surface area contributed by atoms with E-state index in [1.807, 2.05) is 6.07 Å². The van der Waals surface area contributed by atoms with Gasteiger partial charge in [-0.15, -0.1) is 0 Å². The molecule has 1 atom stereocenters. The van der Waals surface area contributed by atoms with Crippen molar-refractivity contribution in [3.8, 4) is 0 Å². The van der Waals surface area contributed by atoms with Crippen LogP contribution in [0.5, 0.6) is 0 Å². The minimum atomic E-state index is 0.285. The first-order valence-corrected chi connectivity index (χ1v) is 8.58. The highest BCUT2D eigenvalue weighted by Crippen LogP contribution is 2.35. The van der Waals surface area contributed by atoms with Crippen LogP contribution in [0.15, 0.2) is 33.2 Å². The molecule has 0 spiro atoms. The van der Waals surface area contributed by atoms with Gasteiger partial charge in [-0.3, -0.25) is 0 Å². The molecule has 1 fully saturated rings. The minimum absolute atomic E-state index is 0.285. The predicted octanol–water partition coefficient (Wildman–Crippen LogP) is 4.66. The average molecular weight is 352 g/mol. The van der Waals surface area contributed by atoms with Crippen molar-refractivity contribution >= 4 is 26.9 Å². The molecule has 1 unspecified atom stereocenters. The van der Waals surface area contributed by atoms with Crippen LogP contribution < -0.4 is 5.32 Å². The van der Waals surface area contributed by atoms with Gasteiger partial charge < -0.3 is 14.5 Å². The van der Waals surface area contributed by atoms with Crippen LogP contribution in [0, 0.1) is 5.92 Å². The number of nitrogens with one attached hydrogen (secondary N) is 1. The summed E-state index contributed by atoms with van der Waals surface area (Å²) in [6, 6.07) is 8.65. The number of fused-ring (bicyclic) bond motifs is 1. The van der Waals surface area contributed by atoms with Crippen molar-refractivity contribution in [3.05, 3.63) is 34.5 Å². The Kier molecular flexibility index (Phi) is 4.99. The van der Waals surface area contributed by atoms with E-state index in [1.165, 1.54) is 0 Å². The van der Waals surface area contributed by atoms with E-state index in [0.717, 1.165) is 60.2 Å². The summed E-state index contributed by atoms with van der Waals surface area (Å²) >= 11 is 3.57. The Labute approximate surface area is 134 Å². The Morgan fingerprint density at radius 2 is 2.14 bits per heavy atom. The second-order valence-corrected chi connectivity index (χ2v) is 6.54. The van der Waals surface area contributed by atoms with Crippen molar-refractivity contribution in [1.82, 2.24) is 5.32 Å². The van der Waals surface area contributed by atoms with E-state index in [9.17, 15) is 0 Å². The molecule has 0 saturated carbocycles. The Balaban J connectivity index is 1.90. The molecule has 1 N–H and O–H groups in total. The second-order valence-electron chi connectivity index (χ2n) is 5.69. The molecule has 0 amide bonds. The molecule has 1 aromatic carbocycles. The maximum absolute atomic E-state index is 6.16. The molecule has 2 aromatic rings. The molecule has 1 aliphatic rings. The highest BCUT2D eigenvalue weighted by molar-refractivity contribution is 9.10. The summed E-state index contributed by atoms with van der Waals surface area (Å²) in [6.45, 7) is 4.93.